The van der Waals surface area contributed by atoms with Gasteiger partial charge >= 0.3 is 0 Å². The van der Waals surface area contributed by atoms with Crippen molar-refractivity contribution >= 4 is 0 Å². The van der Waals surface area contributed by atoms with Crippen LogP contribution in [0.4, 0.5) is 0 Å². The van der Waals surface area contributed by atoms with Crippen molar-refractivity contribution in [2.45, 2.75) is 104 Å². The Kier molecular flexibility index (Phi) is 25.6. The normalized spacial score (nSPS) is 9.24. The smallest absolute Gasteiger partial charge is 0.243 e. The highest BCUT2D eigenvalue weighted by molar-refractivity contribution is 4.62. The Labute approximate surface area is 207 Å². The number of rotatable bonds is 14. The van der Waals surface area contributed by atoms with Gasteiger partial charge in [-0.05, 0) is 25.7 Å². The van der Waals surface area contributed by atoms with Gasteiger partial charge < -0.3 is 10.2 Å². The molecule has 0 spiro atoms. The monoisotopic (exact) mass is 474 g/mol. The summed E-state index contributed by atoms with van der Waals surface area (Å²) < 4.78 is 8.72. The van der Waals surface area contributed by atoms with Crippen molar-refractivity contribution in [1.82, 2.24) is 9.13 Å². The van der Waals surface area contributed by atoms with Crippen LogP contribution in [0.15, 0.2) is 37.4 Å². The van der Waals surface area contributed by atoms with Crippen LogP contribution in [-0.2, 0) is 27.2 Å². The lowest BCUT2D eigenvalue weighted by molar-refractivity contribution is -0.697. The summed E-state index contributed by atoms with van der Waals surface area (Å²) in [6, 6.07) is 0. The average Bonchev–Trinajstić information content (AvgIpc) is 3.42. The van der Waals surface area contributed by atoms with Crippen LogP contribution in [0.25, 0.3) is 0 Å². The van der Waals surface area contributed by atoms with Gasteiger partial charge in [-0.2, -0.15) is 0 Å². The Bertz CT molecular complexity index is 694. The molecule has 0 amide bonds. The Morgan fingerprint density at radius 1 is 0.618 bits per heavy atom. The molecule has 0 aliphatic rings. The van der Waals surface area contributed by atoms with Crippen LogP contribution in [0.3, 0.4) is 0 Å². The third-order valence-electron chi connectivity index (χ3n) is 5.19. The summed E-state index contributed by atoms with van der Waals surface area (Å²) >= 11 is 0. The maximum absolute atomic E-state index is 8.24. The molecule has 0 atom stereocenters. The van der Waals surface area contributed by atoms with E-state index in [1.165, 1.54) is 90.1 Å². The molecule has 0 saturated heterocycles. The van der Waals surface area contributed by atoms with Crippen molar-refractivity contribution in [2.24, 2.45) is 14.1 Å². The van der Waals surface area contributed by atoms with Crippen LogP contribution >= 0.6 is 0 Å². The van der Waals surface area contributed by atoms with Crippen molar-refractivity contribution in [3.63, 3.8) is 0 Å². The molecule has 0 saturated carbocycles. The molecule has 2 heterocycles. The first-order valence-corrected chi connectivity index (χ1v) is 12.5. The number of unbranched alkanes of at least 4 members (excludes halogenated alkanes) is 10. The standard InChI is InChI=1S/2C12H23N2.2CHNO/c2*1-3-4-5-6-7-8-9-14-11-10-13(2)12-14;2*2-1-3/h2*10-12H,3-9H2,1-2H3;2*3H/q2*+1;;/p-2. The fourth-order valence-electron chi connectivity index (χ4n) is 3.42. The van der Waals surface area contributed by atoms with Crippen LogP contribution in [0.1, 0.15) is 90.9 Å². The predicted molar refractivity (Wildman–Crippen MR) is 129 cm³/mol. The van der Waals surface area contributed by atoms with Crippen molar-refractivity contribution in [3.8, 4) is 12.5 Å². The molecule has 192 valence electrons. The van der Waals surface area contributed by atoms with Gasteiger partial charge in [-0.25, -0.2) is 28.8 Å². The first-order valence-electron chi connectivity index (χ1n) is 12.5. The Hall–Kier alpha value is -3.00. The number of aryl methyl sites for hydroxylation is 4. The zero-order chi connectivity index (χ0) is 25.9. The number of hydrogen-bond donors (Lipinski definition) is 0. The van der Waals surface area contributed by atoms with Gasteiger partial charge in [0.1, 0.15) is 24.8 Å². The molecule has 8 heteroatoms. The molecule has 34 heavy (non-hydrogen) atoms. The van der Waals surface area contributed by atoms with Crippen molar-refractivity contribution < 1.29 is 19.3 Å². The summed E-state index contributed by atoms with van der Waals surface area (Å²) in [5.41, 5.74) is 0. The molecular formula is C26H46N6O2. The SMILES string of the molecule is CCCCCCCC[n+]1ccn(C)c1.CCCCCCCC[n+]1ccn(C)c1.N#C[O-].N#C[O-]. The summed E-state index contributed by atoms with van der Waals surface area (Å²) in [5, 5.41) is 30.0. The Balaban J connectivity index is 0. The first kappa shape index (κ1) is 33.2. The molecule has 0 N–H and O–H groups in total. The first-order chi connectivity index (χ1) is 16.5. The van der Waals surface area contributed by atoms with E-state index < -0.39 is 0 Å². The van der Waals surface area contributed by atoms with Gasteiger partial charge in [-0.3, -0.25) is 0 Å². The van der Waals surface area contributed by atoms with E-state index in [9.17, 15) is 0 Å². The maximum atomic E-state index is 8.24. The second-order valence-electron chi connectivity index (χ2n) is 8.35. The van der Waals surface area contributed by atoms with E-state index in [4.69, 9.17) is 20.7 Å². The molecule has 0 fully saturated rings. The molecule has 0 unspecified atom stereocenters. The maximum Gasteiger partial charge on any atom is 0.243 e. The number of nitriles is 2. The number of aromatic nitrogens is 4. The summed E-state index contributed by atoms with van der Waals surface area (Å²) in [6.07, 6.45) is 30.3. The lowest BCUT2D eigenvalue weighted by Gasteiger charge is -1.98. The Morgan fingerprint density at radius 2 is 0.912 bits per heavy atom. The van der Waals surface area contributed by atoms with Gasteiger partial charge in [-0.1, -0.05) is 65.2 Å². The number of nitrogens with zero attached hydrogens (tertiary/aromatic N) is 6. The minimum atomic E-state index is 0.500. The van der Waals surface area contributed by atoms with Crippen LogP contribution in [0, 0.1) is 23.0 Å². The summed E-state index contributed by atoms with van der Waals surface area (Å²) in [5.74, 6) is 0. The van der Waals surface area contributed by atoms with Gasteiger partial charge in [-0.15, -0.1) is 0 Å². The lowest BCUT2D eigenvalue weighted by atomic mass is 10.1. The predicted octanol–water partition coefficient (Wildman–Crippen LogP) is 3.00. The van der Waals surface area contributed by atoms with E-state index in [-0.39, 0.29) is 0 Å². The minimum absolute atomic E-state index is 0.500. The summed E-state index contributed by atoms with van der Waals surface area (Å²) in [7, 11) is 4.13. The highest BCUT2D eigenvalue weighted by atomic mass is 16.2. The van der Waals surface area contributed by atoms with E-state index in [0.29, 0.717) is 12.5 Å². The Morgan fingerprint density at radius 3 is 1.18 bits per heavy atom. The second kappa shape index (κ2) is 26.3. The van der Waals surface area contributed by atoms with Crippen molar-refractivity contribution in [3.05, 3.63) is 37.4 Å². The highest BCUT2D eigenvalue weighted by Crippen LogP contribution is 2.05. The molecule has 2 aromatic rings. The fraction of sp³-hybridized carbons (Fsp3) is 0.692. The van der Waals surface area contributed by atoms with Crippen LogP contribution in [0.5, 0.6) is 0 Å². The van der Waals surface area contributed by atoms with Crippen molar-refractivity contribution in [1.29, 1.82) is 10.5 Å². The van der Waals surface area contributed by atoms with Crippen LogP contribution in [-0.4, -0.2) is 9.13 Å². The molecule has 0 aliphatic heterocycles. The minimum Gasteiger partial charge on any atom is -0.812 e. The number of imidazole rings is 2. The molecule has 8 nitrogen and oxygen atoms in total. The zero-order valence-corrected chi connectivity index (χ0v) is 21.9. The zero-order valence-electron chi connectivity index (χ0n) is 21.9. The van der Waals surface area contributed by atoms with E-state index in [1.54, 1.807) is 0 Å². The molecular weight excluding hydrogens is 428 g/mol. The molecule has 2 aromatic heterocycles. The van der Waals surface area contributed by atoms with Gasteiger partial charge in [0.25, 0.3) is 0 Å². The molecule has 0 radical (unpaired) electrons. The molecule has 0 aliphatic carbocycles. The largest absolute Gasteiger partial charge is 0.812 e. The van der Waals surface area contributed by atoms with Crippen molar-refractivity contribution in [2.75, 3.05) is 0 Å². The molecule has 0 aromatic carbocycles. The van der Waals surface area contributed by atoms with E-state index in [2.05, 4.69) is 83.7 Å². The third kappa shape index (κ3) is 23.7. The van der Waals surface area contributed by atoms with Crippen LogP contribution < -0.4 is 19.3 Å². The quantitative estimate of drug-likeness (QED) is 0.238. The van der Waals surface area contributed by atoms with Gasteiger partial charge in [0.05, 0.1) is 27.2 Å². The fourth-order valence-corrected chi connectivity index (χ4v) is 3.42. The topological polar surface area (TPSA) is 111 Å². The lowest BCUT2D eigenvalue weighted by Crippen LogP contribution is -2.30. The van der Waals surface area contributed by atoms with Crippen LogP contribution in [0.2, 0.25) is 0 Å². The number of hydrogen-bond acceptors (Lipinski definition) is 4. The van der Waals surface area contributed by atoms with Gasteiger partial charge in [0.15, 0.2) is 0 Å². The van der Waals surface area contributed by atoms with E-state index in [0.717, 1.165) is 0 Å². The molecule has 0 bridgehead atoms. The average molecular weight is 475 g/mol. The van der Waals surface area contributed by atoms with Gasteiger partial charge in [0.2, 0.25) is 12.7 Å². The van der Waals surface area contributed by atoms with E-state index >= 15 is 0 Å². The van der Waals surface area contributed by atoms with E-state index in [1.807, 2.05) is 0 Å². The third-order valence-corrected chi connectivity index (χ3v) is 5.19. The second-order valence-corrected chi connectivity index (χ2v) is 8.35. The highest BCUT2D eigenvalue weighted by Gasteiger charge is 1.99. The summed E-state index contributed by atoms with van der Waals surface area (Å²) in [4.78, 5) is 0. The molecule has 2 rings (SSSR count). The van der Waals surface area contributed by atoms with Gasteiger partial charge in [0, 0.05) is 12.5 Å². The summed E-state index contributed by atoms with van der Waals surface area (Å²) in [6.45, 7) is 6.87.